The van der Waals surface area contributed by atoms with Crippen LogP contribution in [0, 0.1) is 0 Å². The van der Waals surface area contributed by atoms with Gasteiger partial charge in [-0.25, -0.2) is 4.98 Å². The average molecular weight is 442 g/mol. The third-order valence-corrected chi connectivity index (χ3v) is 6.71. The van der Waals surface area contributed by atoms with E-state index in [0.29, 0.717) is 36.3 Å². The first kappa shape index (κ1) is 20.7. The number of thiazole rings is 1. The highest BCUT2D eigenvalue weighted by atomic mass is 32.2. The van der Waals surface area contributed by atoms with Crippen LogP contribution in [0.3, 0.4) is 0 Å². The van der Waals surface area contributed by atoms with Gasteiger partial charge in [0.1, 0.15) is 0 Å². The van der Waals surface area contributed by atoms with Crippen LogP contribution in [-0.4, -0.2) is 33.5 Å². The predicted octanol–water partition coefficient (Wildman–Crippen LogP) is 4.62. The fraction of sp³-hybridized carbons (Fsp3) is 0.318. The van der Waals surface area contributed by atoms with Gasteiger partial charge in [0.05, 0.1) is 24.9 Å². The van der Waals surface area contributed by atoms with Crippen molar-refractivity contribution in [3.05, 3.63) is 64.6 Å². The molecule has 8 heteroatoms. The van der Waals surface area contributed by atoms with Crippen molar-refractivity contribution < 1.29 is 14.0 Å². The molecule has 1 aliphatic rings. The van der Waals surface area contributed by atoms with Crippen LogP contribution < -0.4 is 5.32 Å². The summed E-state index contributed by atoms with van der Waals surface area (Å²) in [5.74, 6) is 0.0374. The van der Waals surface area contributed by atoms with Crippen LogP contribution in [0.5, 0.6) is 0 Å². The maximum atomic E-state index is 12.8. The van der Waals surface area contributed by atoms with Crippen LogP contribution in [0.4, 0.5) is 5.13 Å². The lowest BCUT2D eigenvalue weighted by molar-refractivity contribution is -0.131. The van der Waals surface area contributed by atoms with Crippen molar-refractivity contribution in [1.29, 1.82) is 0 Å². The van der Waals surface area contributed by atoms with Crippen LogP contribution in [0.1, 0.15) is 40.5 Å². The van der Waals surface area contributed by atoms with Gasteiger partial charge in [-0.15, -0.1) is 11.8 Å². The van der Waals surface area contributed by atoms with E-state index >= 15 is 0 Å². The first-order valence-electron chi connectivity index (χ1n) is 9.85. The quantitative estimate of drug-likeness (QED) is 0.565. The minimum atomic E-state index is -0.321. The van der Waals surface area contributed by atoms with Gasteiger partial charge in [0, 0.05) is 28.0 Å². The minimum Gasteiger partial charge on any atom is -0.459 e. The van der Waals surface area contributed by atoms with Gasteiger partial charge < -0.3 is 9.32 Å². The second-order valence-electron chi connectivity index (χ2n) is 7.37. The lowest BCUT2D eigenvalue weighted by Crippen LogP contribution is -2.36. The van der Waals surface area contributed by atoms with Crippen molar-refractivity contribution in [3.63, 3.8) is 0 Å². The molecule has 4 rings (SSSR count). The number of aromatic nitrogens is 1. The number of hydrogen-bond donors (Lipinski definition) is 1. The number of hydrogen-bond acceptors (Lipinski definition) is 6. The van der Waals surface area contributed by atoms with Gasteiger partial charge in [-0.2, -0.15) is 0 Å². The smallest absolute Gasteiger partial charge is 0.293 e. The van der Waals surface area contributed by atoms with Crippen LogP contribution in [0.25, 0.3) is 0 Å². The zero-order valence-corrected chi connectivity index (χ0v) is 18.5. The van der Waals surface area contributed by atoms with Gasteiger partial charge in [-0.1, -0.05) is 37.3 Å². The summed E-state index contributed by atoms with van der Waals surface area (Å²) in [6, 6.07) is 11.5. The molecule has 156 valence electrons. The lowest BCUT2D eigenvalue weighted by atomic mass is 10.1. The monoisotopic (exact) mass is 441 g/mol. The minimum absolute atomic E-state index is 0.111. The van der Waals surface area contributed by atoms with E-state index < -0.39 is 0 Å². The molecule has 1 aromatic carbocycles. The summed E-state index contributed by atoms with van der Waals surface area (Å²) in [6.07, 6.45) is 2.54. The molecule has 3 aromatic rings. The summed E-state index contributed by atoms with van der Waals surface area (Å²) in [6.45, 7) is 5.51. The number of fused-ring (bicyclic) bond motifs is 1. The molecule has 0 atom stereocenters. The van der Waals surface area contributed by atoms with Gasteiger partial charge in [-0.3, -0.25) is 14.9 Å². The SMILES string of the molecule is CC(C)Sc1ccc(CC(=O)N2CCc3nc(NC(=O)c4ccco4)sc3C2)cc1. The van der Waals surface area contributed by atoms with E-state index in [4.69, 9.17) is 4.42 Å². The Morgan fingerprint density at radius 3 is 2.77 bits per heavy atom. The van der Waals surface area contributed by atoms with Crippen LogP contribution >= 0.6 is 23.1 Å². The van der Waals surface area contributed by atoms with Gasteiger partial charge in [0.2, 0.25) is 5.91 Å². The average Bonchev–Trinajstić information content (AvgIpc) is 3.37. The molecule has 0 saturated heterocycles. The number of amides is 2. The lowest BCUT2D eigenvalue weighted by Gasteiger charge is -2.26. The molecule has 6 nitrogen and oxygen atoms in total. The number of carbonyl (C=O) groups excluding carboxylic acids is 2. The standard InChI is InChI=1S/C22H23N3O3S2/c1-14(2)29-16-7-5-15(6-8-16)12-20(26)25-10-9-17-19(13-25)30-22(23-17)24-21(27)18-4-3-11-28-18/h3-8,11,14H,9-10,12-13H2,1-2H3,(H,23,24,27). The summed E-state index contributed by atoms with van der Waals surface area (Å²) in [7, 11) is 0. The van der Waals surface area contributed by atoms with Gasteiger partial charge in [0.15, 0.2) is 10.9 Å². The Morgan fingerprint density at radius 2 is 2.07 bits per heavy atom. The molecule has 0 bridgehead atoms. The second-order valence-corrected chi connectivity index (χ2v) is 10.1. The molecular weight excluding hydrogens is 418 g/mol. The Hall–Kier alpha value is -2.58. The van der Waals surface area contributed by atoms with Crippen LogP contribution in [-0.2, 0) is 24.2 Å². The first-order chi connectivity index (χ1) is 14.5. The molecule has 3 heterocycles. The molecule has 30 heavy (non-hydrogen) atoms. The van der Waals surface area contributed by atoms with E-state index in [1.165, 1.54) is 22.5 Å². The molecule has 0 saturated carbocycles. The molecule has 0 aliphatic carbocycles. The number of anilines is 1. The molecule has 2 aromatic heterocycles. The Labute approximate surface area is 183 Å². The number of nitrogens with one attached hydrogen (secondary N) is 1. The van der Waals surface area contributed by atoms with E-state index in [9.17, 15) is 9.59 Å². The third-order valence-electron chi connectivity index (χ3n) is 4.70. The van der Waals surface area contributed by atoms with Gasteiger partial charge in [-0.05, 0) is 29.8 Å². The topological polar surface area (TPSA) is 75.4 Å². The van der Waals surface area contributed by atoms with E-state index in [-0.39, 0.29) is 17.6 Å². The molecule has 0 spiro atoms. The predicted molar refractivity (Wildman–Crippen MR) is 119 cm³/mol. The molecule has 0 unspecified atom stereocenters. The fourth-order valence-electron chi connectivity index (χ4n) is 3.27. The Bertz CT molecular complexity index is 1030. The molecule has 2 amide bonds. The third kappa shape index (κ3) is 4.94. The van der Waals surface area contributed by atoms with Crippen molar-refractivity contribution in [2.24, 2.45) is 0 Å². The summed E-state index contributed by atoms with van der Waals surface area (Å²) in [5, 5.41) is 3.84. The summed E-state index contributed by atoms with van der Waals surface area (Å²) >= 11 is 3.23. The van der Waals surface area contributed by atoms with E-state index in [0.717, 1.165) is 16.1 Å². The van der Waals surface area contributed by atoms with Crippen LogP contribution in [0.2, 0.25) is 0 Å². The van der Waals surface area contributed by atoms with Crippen molar-refractivity contribution in [2.45, 2.75) is 43.4 Å². The van der Waals surface area contributed by atoms with Crippen molar-refractivity contribution in [2.75, 3.05) is 11.9 Å². The van der Waals surface area contributed by atoms with Crippen molar-refractivity contribution in [1.82, 2.24) is 9.88 Å². The zero-order chi connectivity index (χ0) is 21.1. The number of thioether (sulfide) groups is 1. The molecule has 1 N–H and O–H groups in total. The largest absolute Gasteiger partial charge is 0.459 e. The van der Waals surface area contributed by atoms with E-state index in [2.05, 4.69) is 36.3 Å². The number of furan rings is 1. The van der Waals surface area contributed by atoms with E-state index in [1.807, 2.05) is 28.8 Å². The first-order valence-corrected chi connectivity index (χ1v) is 11.5. The highest BCUT2D eigenvalue weighted by molar-refractivity contribution is 7.99. The Morgan fingerprint density at radius 1 is 1.27 bits per heavy atom. The second kappa shape index (κ2) is 9.06. The maximum absolute atomic E-state index is 12.8. The maximum Gasteiger partial charge on any atom is 0.293 e. The van der Waals surface area contributed by atoms with Gasteiger partial charge >= 0.3 is 0 Å². The highest BCUT2D eigenvalue weighted by Gasteiger charge is 2.25. The molecule has 0 fully saturated rings. The van der Waals surface area contributed by atoms with Crippen LogP contribution in [0.15, 0.2) is 52.0 Å². The fourth-order valence-corrected chi connectivity index (χ4v) is 5.13. The molecular formula is C22H23N3O3S2. The zero-order valence-electron chi connectivity index (χ0n) is 16.9. The number of carbonyl (C=O) groups is 2. The highest BCUT2D eigenvalue weighted by Crippen LogP contribution is 2.29. The molecule has 1 aliphatic heterocycles. The van der Waals surface area contributed by atoms with Crippen molar-refractivity contribution >= 4 is 40.0 Å². The molecule has 0 radical (unpaired) electrons. The summed E-state index contributed by atoms with van der Waals surface area (Å²) in [4.78, 5) is 33.6. The Kier molecular flexibility index (Phi) is 6.24. The summed E-state index contributed by atoms with van der Waals surface area (Å²) in [5.41, 5.74) is 1.98. The van der Waals surface area contributed by atoms with E-state index in [1.54, 1.807) is 12.1 Å². The number of benzene rings is 1. The van der Waals surface area contributed by atoms with Crippen molar-refractivity contribution in [3.8, 4) is 0 Å². The number of rotatable bonds is 6. The normalized spacial score (nSPS) is 13.4. The summed E-state index contributed by atoms with van der Waals surface area (Å²) < 4.78 is 5.11. The van der Waals surface area contributed by atoms with Gasteiger partial charge in [0.25, 0.3) is 5.91 Å². The number of nitrogens with zero attached hydrogens (tertiary/aromatic N) is 2. The Balaban J connectivity index is 1.36.